The summed E-state index contributed by atoms with van der Waals surface area (Å²) in [5.74, 6) is 1.01. The van der Waals surface area contributed by atoms with E-state index in [0.717, 1.165) is 51.5 Å². The van der Waals surface area contributed by atoms with Gasteiger partial charge in [-0.1, -0.05) is 6.92 Å². The number of aromatic amines is 1. The number of carbonyl (C=O) groups excluding carboxylic acids is 1. The number of aromatic nitrogens is 3. The van der Waals surface area contributed by atoms with Crippen LogP contribution in [0.3, 0.4) is 0 Å². The lowest BCUT2D eigenvalue weighted by molar-refractivity contribution is 0.0492. The van der Waals surface area contributed by atoms with Crippen LogP contribution >= 0.6 is 0 Å². The molecule has 0 unspecified atom stereocenters. The highest BCUT2D eigenvalue weighted by Gasteiger charge is 2.30. The molecule has 2 aliphatic heterocycles. The van der Waals surface area contributed by atoms with Crippen molar-refractivity contribution in [3.63, 3.8) is 0 Å². The molecule has 0 radical (unpaired) electrons. The number of H-pyrrole nitrogens is 1. The van der Waals surface area contributed by atoms with E-state index in [0.29, 0.717) is 11.9 Å². The Kier molecular flexibility index (Phi) is 3.48. The molecule has 7 nitrogen and oxygen atoms in total. The van der Waals surface area contributed by atoms with Crippen LogP contribution in [0.25, 0.3) is 0 Å². The van der Waals surface area contributed by atoms with E-state index in [2.05, 4.69) is 25.4 Å². The number of carbonyl (C=O) groups is 1. The number of nitrogens with one attached hydrogen (secondary N) is 2. The third-order valence-electron chi connectivity index (χ3n) is 3.94. The van der Waals surface area contributed by atoms with Crippen LogP contribution in [0, 0.1) is 0 Å². The molecule has 1 amide bonds. The van der Waals surface area contributed by atoms with Gasteiger partial charge in [-0.25, -0.2) is 4.98 Å². The van der Waals surface area contributed by atoms with Crippen molar-refractivity contribution in [2.45, 2.75) is 19.4 Å². The minimum absolute atomic E-state index is 0.0534. The van der Waals surface area contributed by atoms with Gasteiger partial charge in [-0.3, -0.25) is 14.8 Å². The molecule has 19 heavy (non-hydrogen) atoms. The molecule has 1 aromatic heterocycles. The Labute approximate surface area is 112 Å². The van der Waals surface area contributed by atoms with Crippen molar-refractivity contribution in [2.75, 3.05) is 39.3 Å². The van der Waals surface area contributed by atoms with Crippen molar-refractivity contribution in [1.82, 2.24) is 30.3 Å². The van der Waals surface area contributed by atoms with Crippen molar-refractivity contribution in [3.8, 4) is 0 Å². The van der Waals surface area contributed by atoms with E-state index >= 15 is 0 Å². The fraction of sp³-hybridized carbons (Fsp3) is 0.750. The summed E-state index contributed by atoms with van der Waals surface area (Å²) in [6, 6.07) is 0.660. The Bertz CT molecular complexity index is 447. The third kappa shape index (κ3) is 2.48. The molecule has 1 aromatic rings. The smallest absolute Gasteiger partial charge is 0.293 e. The first kappa shape index (κ1) is 12.6. The zero-order valence-electron chi connectivity index (χ0n) is 11.2. The standard InChI is InChI=1S/C12H20N6O/c1-2-10-14-11(16-15-10)12(19)18-5-3-17(4-6-18)9-7-13-8-9/h9,13H,2-8H2,1H3,(H,14,15,16). The molecule has 0 spiro atoms. The summed E-state index contributed by atoms with van der Waals surface area (Å²) in [6.45, 7) is 7.58. The molecule has 2 saturated heterocycles. The second-order valence-corrected chi connectivity index (χ2v) is 5.10. The fourth-order valence-corrected chi connectivity index (χ4v) is 2.51. The largest absolute Gasteiger partial charge is 0.333 e. The number of hydrogen-bond donors (Lipinski definition) is 2. The maximum atomic E-state index is 12.2. The molecule has 2 fully saturated rings. The lowest BCUT2D eigenvalue weighted by Gasteiger charge is -2.43. The molecule has 0 saturated carbocycles. The average Bonchev–Trinajstić information content (AvgIpc) is 2.85. The Hall–Kier alpha value is -1.47. The van der Waals surface area contributed by atoms with Crippen LogP contribution in [-0.2, 0) is 6.42 Å². The Morgan fingerprint density at radius 1 is 1.32 bits per heavy atom. The van der Waals surface area contributed by atoms with Crippen LogP contribution < -0.4 is 5.32 Å². The van der Waals surface area contributed by atoms with E-state index in [1.54, 1.807) is 0 Å². The summed E-state index contributed by atoms with van der Waals surface area (Å²) < 4.78 is 0. The second kappa shape index (κ2) is 5.26. The molecule has 0 bridgehead atoms. The number of nitrogens with zero attached hydrogens (tertiary/aromatic N) is 4. The van der Waals surface area contributed by atoms with Gasteiger partial charge in [0.25, 0.3) is 5.91 Å². The van der Waals surface area contributed by atoms with Crippen LogP contribution in [0.15, 0.2) is 0 Å². The number of hydrogen-bond acceptors (Lipinski definition) is 5. The Morgan fingerprint density at radius 3 is 2.58 bits per heavy atom. The highest BCUT2D eigenvalue weighted by atomic mass is 16.2. The van der Waals surface area contributed by atoms with E-state index < -0.39 is 0 Å². The van der Waals surface area contributed by atoms with E-state index in [9.17, 15) is 4.79 Å². The van der Waals surface area contributed by atoms with Gasteiger partial charge in [0.05, 0.1) is 0 Å². The fourth-order valence-electron chi connectivity index (χ4n) is 2.51. The van der Waals surface area contributed by atoms with Gasteiger partial charge in [0.2, 0.25) is 5.82 Å². The zero-order valence-corrected chi connectivity index (χ0v) is 11.2. The number of amides is 1. The highest BCUT2D eigenvalue weighted by molar-refractivity contribution is 5.90. The van der Waals surface area contributed by atoms with Crippen molar-refractivity contribution in [3.05, 3.63) is 11.6 Å². The van der Waals surface area contributed by atoms with Gasteiger partial charge in [-0.05, 0) is 0 Å². The lowest BCUT2D eigenvalue weighted by atomic mass is 10.1. The van der Waals surface area contributed by atoms with E-state index in [1.807, 2.05) is 11.8 Å². The van der Waals surface area contributed by atoms with Crippen molar-refractivity contribution >= 4 is 5.91 Å². The molecule has 0 atom stereocenters. The summed E-state index contributed by atoms with van der Waals surface area (Å²) in [4.78, 5) is 20.7. The Balaban J connectivity index is 1.56. The first-order valence-electron chi connectivity index (χ1n) is 6.93. The van der Waals surface area contributed by atoms with Crippen LogP contribution in [0.2, 0.25) is 0 Å². The minimum Gasteiger partial charge on any atom is -0.333 e. The summed E-state index contributed by atoms with van der Waals surface area (Å²) in [5.41, 5.74) is 0. The number of rotatable bonds is 3. The van der Waals surface area contributed by atoms with Crippen molar-refractivity contribution < 1.29 is 4.79 Å². The molecule has 104 valence electrons. The average molecular weight is 264 g/mol. The molecule has 3 rings (SSSR count). The van der Waals surface area contributed by atoms with E-state index in [1.165, 1.54) is 0 Å². The van der Waals surface area contributed by atoms with E-state index in [4.69, 9.17) is 0 Å². The summed E-state index contributed by atoms with van der Waals surface area (Å²) in [6.07, 6.45) is 0.767. The quantitative estimate of drug-likeness (QED) is 0.739. The predicted molar refractivity (Wildman–Crippen MR) is 69.9 cm³/mol. The van der Waals surface area contributed by atoms with Gasteiger partial charge in [-0.2, -0.15) is 0 Å². The molecular formula is C12H20N6O. The number of piperazine rings is 1. The summed E-state index contributed by atoms with van der Waals surface area (Å²) in [5, 5.41) is 10.1. The van der Waals surface area contributed by atoms with Crippen LogP contribution in [0.1, 0.15) is 23.4 Å². The monoisotopic (exact) mass is 264 g/mol. The van der Waals surface area contributed by atoms with Gasteiger partial charge < -0.3 is 10.2 Å². The maximum absolute atomic E-state index is 12.2. The SMILES string of the molecule is CCc1nc(C(=O)N2CCN(C3CNC3)CC2)n[nH]1. The first-order chi connectivity index (χ1) is 9.28. The van der Waals surface area contributed by atoms with Gasteiger partial charge >= 0.3 is 0 Å². The Morgan fingerprint density at radius 2 is 2.05 bits per heavy atom. The topological polar surface area (TPSA) is 77.2 Å². The summed E-state index contributed by atoms with van der Waals surface area (Å²) >= 11 is 0. The number of aryl methyl sites for hydroxylation is 1. The lowest BCUT2D eigenvalue weighted by Crippen LogP contribution is -2.62. The van der Waals surface area contributed by atoms with Gasteiger partial charge in [0.15, 0.2) is 0 Å². The third-order valence-corrected chi connectivity index (χ3v) is 3.94. The normalized spacial score (nSPS) is 21.4. The van der Waals surface area contributed by atoms with Gasteiger partial charge in [-0.15, -0.1) is 5.10 Å². The molecule has 2 aliphatic rings. The van der Waals surface area contributed by atoms with Crippen molar-refractivity contribution in [2.24, 2.45) is 0 Å². The maximum Gasteiger partial charge on any atom is 0.293 e. The predicted octanol–water partition coefficient (Wildman–Crippen LogP) is -0.903. The van der Waals surface area contributed by atoms with Crippen LogP contribution in [0.5, 0.6) is 0 Å². The second-order valence-electron chi connectivity index (χ2n) is 5.10. The molecule has 0 aromatic carbocycles. The molecule has 3 heterocycles. The minimum atomic E-state index is -0.0534. The zero-order chi connectivity index (χ0) is 13.2. The molecule has 2 N–H and O–H groups in total. The van der Waals surface area contributed by atoms with Crippen LogP contribution in [-0.4, -0.2) is 76.2 Å². The van der Waals surface area contributed by atoms with Gasteiger partial charge in [0.1, 0.15) is 5.82 Å². The van der Waals surface area contributed by atoms with E-state index in [-0.39, 0.29) is 5.91 Å². The summed E-state index contributed by atoms with van der Waals surface area (Å²) in [7, 11) is 0. The highest BCUT2D eigenvalue weighted by Crippen LogP contribution is 2.11. The molecule has 7 heteroatoms. The first-order valence-corrected chi connectivity index (χ1v) is 6.93. The van der Waals surface area contributed by atoms with Crippen LogP contribution in [0.4, 0.5) is 0 Å². The van der Waals surface area contributed by atoms with Gasteiger partial charge in [0, 0.05) is 51.7 Å². The molecular weight excluding hydrogens is 244 g/mol. The molecule has 0 aliphatic carbocycles. The van der Waals surface area contributed by atoms with Crippen molar-refractivity contribution in [1.29, 1.82) is 0 Å².